The van der Waals surface area contributed by atoms with Crippen LogP contribution >= 0.6 is 0 Å². The molecular weight excluding hydrogens is 280 g/mol. The van der Waals surface area contributed by atoms with Crippen molar-refractivity contribution in [2.45, 2.75) is 63.0 Å². The molecule has 0 aromatic rings. The molecule has 0 spiro atoms. The van der Waals surface area contributed by atoms with Crippen molar-refractivity contribution in [1.82, 2.24) is 5.32 Å². The molecule has 0 aromatic carbocycles. The summed E-state index contributed by atoms with van der Waals surface area (Å²) >= 11 is 0. The maximum atomic E-state index is 12.4. The van der Waals surface area contributed by atoms with Crippen LogP contribution in [0.2, 0.25) is 0 Å². The minimum Gasteiger partial charge on any atom is -0.368 e. The minimum absolute atomic E-state index is 0.131. The molecule has 0 aromatic heterocycles. The van der Waals surface area contributed by atoms with E-state index in [1.165, 1.54) is 0 Å². The average molecular weight is 295 g/mol. The maximum Gasteiger partial charge on any atom is 0.522 e. The van der Waals surface area contributed by atoms with Crippen molar-refractivity contribution >= 4 is 0 Å². The monoisotopic (exact) mass is 295 g/mol. The summed E-state index contributed by atoms with van der Waals surface area (Å²) in [5.74, 6) is 0. The molecule has 0 radical (unpaired) electrons. The Labute approximate surface area is 105 Å². The van der Waals surface area contributed by atoms with Gasteiger partial charge in [0.1, 0.15) is 0 Å². The molecule has 1 aliphatic rings. The van der Waals surface area contributed by atoms with Crippen LogP contribution in [0.15, 0.2) is 0 Å². The molecule has 19 heavy (non-hydrogen) atoms. The van der Waals surface area contributed by atoms with Gasteiger partial charge in [-0.05, 0) is 32.6 Å². The molecule has 1 aliphatic carbocycles. The van der Waals surface area contributed by atoms with Gasteiger partial charge in [-0.3, -0.25) is 10.1 Å². The van der Waals surface area contributed by atoms with E-state index in [0.29, 0.717) is 13.3 Å². The van der Waals surface area contributed by atoms with Crippen molar-refractivity contribution in [2.24, 2.45) is 0 Å². The summed E-state index contributed by atoms with van der Waals surface area (Å²) in [6, 6.07) is -0.877. The van der Waals surface area contributed by atoms with Gasteiger partial charge in [0, 0.05) is 6.04 Å². The fraction of sp³-hybridized carbons (Fsp3) is 1.00. The van der Waals surface area contributed by atoms with E-state index in [1.807, 2.05) is 5.32 Å². The molecule has 0 bridgehead atoms. The third kappa shape index (κ3) is 5.15. The summed E-state index contributed by atoms with van der Waals surface area (Å²) in [4.78, 5) is 0. The number of nitrogens with one attached hydrogen (secondary N) is 1. The largest absolute Gasteiger partial charge is 0.522 e. The summed E-state index contributed by atoms with van der Waals surface area (Å²) in [5, 5.41) is 11.2. The van der Waals surface area contributed by atoms with Gasteiger partial charge < -0.3 is 5.11 Å². The van der Waals surface area contributed by atoms with Gasteiger partial charge in [-0.1, -0.05) is 0 Å². The topological polar surface area (TPSA) is 41.5 Å². The molecule has 114 valence electrons. The summed E-state index contributed by atoms with van der Waals surface area (Å²) in [6.07, 6.45) is -10.4. The Kier molecular flexibility index (Phi) is 4.74. The van der Waals surface area contributed by atoms with Crippen LogP contribution in [0.5, 0.6) is 0 Å². The van der Waals surface area contributed by atoms with Crippen molar-refractivity contribution < 1.29 is 36.2 Å². The third-order valence-corrected chi connectivity index (χ3v) is 2.96. The van der Waals surface area contributed by atoms with E-state index >= 15 is 0 Å². The fourth-order valence-electron chi connectivity index (χ4n) is 2.05. The fourth-order valence-corrected chi connectivity index (χ4v) is 2.05. The van der Waals surface area contributed by atoms with E-state index in [0.717, 1.165) is 0 Å². The standard InChI is InChI=1S/C10H15F6NO2/c1-8(18,9(11,12)13)17-6-3-2-4-7(5-6)19-10(14,15)16/h6-7,17-18H,2-5H2,1H3. The van der Waals surface area contributed by atoms with Crippen molar-refractivity contribution in [3.8, 4) is 0 Å². The number of ether oxygens (including phenoxy) is 1. The van der Waals surface area contributed by atoms with Gasteiger partial charge in [-0.2, -0.15) is 13.2 Å². The van der Waals surface area contributed by atoms with Gasteiger partial charge in [0.05, 0.1) is 6.10 Å². The summed E-state index contributed by atoms with van der Waals surface area (Å²) in [7, 11) is 0. The molecule has 3 unspecified atom stereocenters. The summed E-state index contributed by atoms with van der Waals surface area (Å²) < 4.78 is 77.2. The van der Waals surface area contributed by atoms with Gasteiger partial charge in [0.25, 0.3) is 0 Å². The number of halogens is 6. The predicted molar refractivity (Wildman–Crippen MR) is 53.0 cm³/mol. The van der Waals surface area contributed by atoms with Gasteiger partial charge in [0.2, 0.25) is 5.72 Å². The lowest BCUT2D eigenvalue weighted by Gasteiger charge is -2.36. The van der Waals surface area contributed by atoms with Gasteiger partial charge >= 0.3 is 12.5 Å². The van der Waals surface area contributed by atoms with Crippen LogP contribution in [0.1, 0.15) is 32.6 Å². The van der Waals surface area contributed by atoms with E-state index in [2.05, 4.69) is 4.74 Å². The zero-order valence-corrected chi connectivity index (χ0v) is 10.1. The quantitative estimate of drug-likeness (QED) is 0.621. The highest BCUT2D eigenvalue weighted by molar-refractivity contribution is 4.87. The molecule has 0 heterocycles. The first-order valence-corrected chi connectivity index (χ1v) is 5.72. The molecule has 0 saturated heterocycles. The van der Waals surface area contributed by atoms with E-state index in [4.69, 9.17) is 0 Å². The lowest BCUT2D eigenvalue weighted by Crippen LogP contribution is -2.59. The van der Waals surface area contributed by atoms with Gasteiger partial charge in [0.15, 0.2) is 0 Å². The Balaban J connectivity index is 2.56. The Morgan fingerprint density at radius 1 is 1.11 bits per heavy atom. The molecule has 0 amide bonds. The maximum absolute atomic E-state index is 12.4. The average Bonchev–Trinajstić information content (AvgIpc) is 2.12. The number of aliphatic hydroxyl groups is 1. The Morgan fingerprint density at radius 3 is 2.16 bits per heavy atom. The Bertz CT molecular complexity index is 301. The molecule has 1 rings (SSSR count). The third-order valence-electron chi connectivity index (χ3n) is 2.96. The van der Waals surface area contributed by atoms with Gasteiger partial charge in [-0.25, -0.2) is 0 Å². The summed E-state index contributed by atoms with van der Waals surface area (Å²) in [5.41, 5.74) is -3.13. The van der Waals surface area contributed by atoms with E-state index in [-0.39, 0.29) is 19.3 Å². The normalized spacial score (nSPS) is 29.1. The van der Waals surface area contributed by atoms with Crippen LogP contribution in [-0.4, -0.2) is 35.5 Å². The van der Waals surface area contributed by atoms with Crippen LogP contribution in [0.3, 0.4) is 0 Å². The zero-order valence-electron chi connectivity index (χ0n) is 10.1. The zero-order chi connectivity index (χ0) is 14.9. The second-order valence-corrected chi connectivity index (χ2v) is 4.76. The molecule has 9 heteroatoms. The highest BCUT2D eigenvalue weighted by atomic mass is 19.4. The van der Waals surface area contributed by atoms with Crippen LogP contribution < -0.4 is 5.32 Å². The van der Waals surface area contributed by atoms with E-state index in [1.54, 1.807) is 0 Å². The van der Waals surface area contributed by atoms with Crippen molar-refractivity contribution in [2.75, 3.05) is 0 Å². The van der Waals surface area contributed by atoms with E-state index in [9.17, 15) is 31.4 Å². The Morgan fingerprint density at radius 2 is 1.68 bits per heavy atom. The molecule has 3 atom stereocenters. The molecule has 2 N–H and O–H groups in total. The minimum atomic E-state index is -4.90. The van der Waals surface area contributed by atoms with Gasteiger partial charge in [-0.15, -0.1) is 13.2 Å². The van der Waals surface area contributed by atoms with Crippen LogP contribution in [0.25, 0.3) is 0 Å². The number of rotatable bonds is 3. The van der Waals surface area contributed by atoms with E-state index < -0.39 is 30.4 Å². The number of hydrogen-bond acceptors (Lipinski definition) is 3. The SMILES string of the molecule is CC(O)(NC1CCCC(OC(F)(F)F)C1)C(F)(F)F. The highest BCUT2D eigenvalue weighted by Crippen LogP contribution is 2.32. The molecule has 1 saturated carbocycles. The van der Waals surface area contributed by atoms with Crippen LogP contribution in [0, 0.1) is 0 Å². The van der Waals surface area contributed by atoms with Crippen molar-refractivity contribution in [3.63, 3.8) is 0 Å². The first kappa shape index (κ1) is 16.5. The molecule has 3 nitrogen and oxygen atoms in total. The lowest BCUT2D eigenvalue weighted by atomic mass is 9.92. The first-order chi connectivity index (χ1) is 8.41. The highest BCUT2D eigenvalue weighted by Gasteiger charge is 2.51. The first-order valence-electron chi connectivity index (χ1n) is 5.72. The molecular formula is C10H15F6NO2. The second-order valence-electron chi connectivity index (χ2n) is 4.76. The smallest absolute Gasteiger partial charge is 0.368 e. The van der Waals surface area contributed by atoms with Crippen molar-refractivity contribution in [3.05, 3.63) is 0 Å². The van der Waals surface area contributed by atoms with Crippen LogP contribution in [-0.2, 0) is 4.74 Å². The molecule has 0 aliphatic heterocycles. The van der Waals surface area contributed by atoms with Crippen molar-refractivity contribution in [1.29, 1.82) is 0 Å². The lowest BCUT2D eigenvalue weighted by molar-refractivity contribution is -0.346. The second kappa shape index (κ2) is 5.45. The Hall–Kier alpha value is -0.540. The number of hydrogen-bond donors (Lipinski definition) is 2. The number of alkyl halides is 6. The summed E-state index contributed by atoms with van der Waals surface area (Å²) in [6.45, 7) is 0.529. The predicted octanol–water partition coefficient (Wildman–Crippen LogP) is 2.69. The molecule has 1 fully saturated rings. The van der Waals surface area contributed by atoms with Crippen LogP contribution in [0.4, 0.5) is 26.3 Å².